The van der Waals surface area contributed by atoms with Gasteiger partial charge < -0.3 is 4.74 Å². The van der Waals surface area contributed by atoms with Gasteiger partial charge in [-0.25, -0.2) is 0 Å². The fraction of sp³-hybridized carbons (Fsp3) is 0.400. The summed E-state index contributed by atoms with van der Waals surface area (Å²) in [5.74, 6) is 0. The Balaban J connectivity index is 2.51. The van der Waals surface area contributed by atoms with Crippen molar-refractivity contribution in [2.45, 2.75) is 19.4 Å². The van der Waals surface area contributed by atoms with Crippen molar-refractivity contribution in [3.63, 3.8) is 0 Å². The van der Waals surface area contributed by atoms with Crippen LogP contribution in [0.4, 0.5) is 0 Å². The van der Waals surface area contributed by atoms with E-state index >= 15 is 0 Å². The van der Waals surface area contributed by atoms with Crippen LogP contribution in [0.15, 0.2) is 34.9 Å². The quantitative estimate of drug-likeness (QED) is 0.534. The van der Waals surface area contributed by atoms with E-state index in [1.165, 1.54) is 0 Å². The van der Waals surface area contributed by atoms with Crippen LogP contribution in [0.25, 0.3) is 0 Å². The zero-order chi connectivity index (χ0) is 9.19. The van der Waals surface area contributed by atoms with Crippen LogP contribution < -0.4 is 0 Å². The second-order valence-corrected chi connectivity index (χ2v) is 3.97. The third-order valence-electron chi connectivity index (χ3n) is 1.98. The van der Waals surface area contributed by atoms with Crippen molar-refractivity contribution in [2.75, 3.05) is 6.61 Å². The van der Waals surface area contributed by atoms with E-state index in [9.17, 15) is 0 Å². The van der Waals surface area contributed by atoms with Crippen LogP contribution in [-0.2, 0) is 4.74 Å². The van der Waals surface area contributed by atoms with Crippen LogP contribution >= 0.6 is 15.9 Å². The minimum absolute atomic E-state index is 0.0858. The van der Waals surface area contributed by atoms with Gasteiger partial charge in [-0.1, -0.05) is 34.7 Å². The van der Waals surface area contributed by atoms with E-state index in [4.69, 9.17) is 4.74 Å². The van der Waals surface area contributed by atoms with Crippen LogP contribution in [-0.4, -0.2) is 12.2 Å². The molecule has 2 heteroatoms. The first-order valence-electron chi connectivity index (χ1n) is 3.92. The van der Waals surface area contributed by atoms with Crippen LogP contribution in [0.1, 0.15) is 13.8 Å². The van der Waals surface area contributed by atoms with Gasteiger partial charge in [-0.2, -0.15) is 0 Å². The van der Waals surface area contributed by atoms with E-state index in [1.54, 1.807) is 0 Å². The fourth-order valence-electron chi connectivity index (χ4n) is 0.746. The van der Waals surface area contributed by atoms with Gasteiger partial charge in [-0.15, -0.1) is 0 Å². The standard InChI is InChI=1S/C10H13BrO/c1-4-9(11)6-5-8(2)10(3)7-12-10/h4-6H,2,7H2,1,3H3/b6-5-,9-4+. The van der Waals surface area contributed by atoms with Gasteiger partial charge in [0.2, 0.25) is 0 Å². The van der Waals surface area contributed by atoms with Crippen LogP contribution in [0.3, 0.4) is 0 Å². The van der Waals surface area contributed by atoms with Gasteiger partial charge in [-0.3, -0.25) is 0 Å². The van der Waals surface area contributed by atoms with Crippen molar-refractivity contribution in [3.05, 3.63) is 34.9 Å². The molecule has 0 bridgehead atoms. The molecule has 0 aromatic heterocycles. The Kier molecular flexibility index (Phi) is 2.91. The normalized spacial score (nSPS) is 29.4. The van der Waals surface area contributed by atoms with Crippen molar-refractivity contribution in [2.24, 2.45) is 0 Å². The van der Waals surface area contributed by atoms with Crippen molar-refractivity contribution in [1.82, 2.24) is 0 Å². The average molecular weight is 229 g/mol. The monoisotopic (exact) mass is 228 g/mol. The first-order valence-corrected chi connectivity index (χ1v) is 4.71. The molecule has 1 atom stereocenters. The Morgan fingerprint density at radius 2 is 2.17 bits per heavy atom. The van der Waals surface area contributed by atoms with E-state index in [-0.39, 0.29) is 5.60 Å². The predicted molar refractivity (Wildman–Crippen MR) is 55.3 cm³/mol. The summed E-state index contributed by atoms with van der Waals surface area (Å²) < 4.78 is 6.30. The summed E-state index contributed by atoms with van der Waals surface area (Å²) in [5, 5.41) is 0. The molecule has 0 aromatic carbocycles. The van der Waals surface area contributed by atoms with Gasteiger partial charge >= 0.3 is 0 Å². The SMILES string of the molecule is C=C(/C=C\C(Br)=C/C)C1(C)CO1. The molecule has 0 N–H and O–H groups in total. The third kappa shape index (κ3) is 2.32. The smallest absolute Gasteiger partial charge is 0.113 e. The topological polar surface area (TPSA) is 12.5 Å². The lowest BCUT2D eigenvalue weighted by Gasteiger charge is -2.02. The van der Waals surface area contributed by atoms with Crippen molar-refractivity contribution >= 4 is 15.9 Å². The van der Waals surface area contributed by atoms with Crippen molar-refractivity contribution in [1.29, 1.82) is 0 Å². The molecule has 0 aromatic rings. The molecule has 0 aliphatic carbocycles. The van der Waals surface area contributed by atoms with Crippen LogP contribution in [0, 0.1) is 0 Å². The molecule has 1 aliphatic heterocycles. The Labute approximate surface area is 81.9 Å². The number of ether oxygens (including phenoxy) is 1. The minimum atomic E-state index is -0.0858. The molecule has 1 heterocycles. The first-order chi connectivity index (χ1) is 5.58. The molecule has 1 saturated heterocycles. The molecule has 1 rings (SSSR count). The fourth-order valence-corrected chi connectivity index (χ4v) is 0.879. The maximum atomic E-state index is 5.24. The number of hydrogen-bond acceptors (Lipinski definition) is 1. The second kappa shape index (κ2) is 3.58. The maximum Gasteiger partial charge on any atom is 0.113 e. The Bertz CT molecular complexity index is 247. The number of allylic oxidation sites excluding steroid dienone is 3. The number of halogens is 1. The zero-order valence-corrected chi connectivity index (χ0v) is 9.02. The summed E-state index contributed by atoms with van der Waals surface area (Å²) in [6.45, 7) is 8.75. The Morgan fingerprint density at radius 1 is 1.58 bits per heavy atom. The van der Waals surface area contributed by atoms with E-state index in [1.807, 2.05) is 32.1 Å². The van der Waals surface area contributed by atoms with Gasteiger partial charge in [0.15, 0.2) is 0 Å². The van der Waals surface area contributed by atoms with E-state index in [0.29, 0.717) is 0 Å². The lowest BCUT2D eigenvalue weighted by molar-refractivity contribution is 0.362. The number of epoxide rings is 1. The summed E-state index contributed by atoms with van der Waals surface area (Å²) in [6.07, 6.45) is 5.95. The lowest BCUT2D eigenvalue weighted by Crippen LogP contribution is -2.04. The molecule has 1 fully saturated rings. The molecule has 12 heavy (non-hydrogen) atoms. The average Bonchev–Trinajstić information content (AvgIpc) is 2.80. The summed E-state index contributed by atoms with van der Waals surface area (Å²) in [5.41, 5.74) is 0.943. The summed E-state index contributed by atoms with van der Waals surface area (Å²) in [4.78, 5) is 0. The van der Waals surface area contributed by atoms with E-state index in [0.717, 1.165) is 16.7 Å². The molecule has 66 valence electrons. The molecule has 0 amide bonds. The van der Waals surface area contributed by atoms with Crippen molar-refractivity contribution in [3.8, 4) is 0 Å². The van der Waals surface area contributed by atoms with Crippen LogP contribution in [0.5, 0.6) is 0 Å². The third-order valence-corrected chi connectivity index (χ3v) is 2.70. The Hall–Kier alpha value is -0.340. The molecule has 1 unspecified atom stereocenters. The molecular formula is C10H13BrO. The van der Waals surface area contributed by atoms with E-state index < -0.39 is 0 Å². The van der Waals surface area contributed by atoms with Crippen molar-refractivity contribution < 1.29 is 4.74 Å². The van der Waals surface area contributed by atoms with Gasteiger partial charge in [0.05, 0.1) is 6.61 Å². The summed E-state index contributed by atoms with van der Waals surface area (Å²) in [6, 6.07) is 0. The van der Waals surface area contributed by atoms with Crippen LogP contribution in [0.2, 0.25) is 0 Å². The zero-order valence-electron chi connectivity index (χ0n) is 7.43. The molecule has 1 aliphatic rings. The lowest BCUT2D eigenvalue weighted by atomic mass is 10.0. The summed E-state index contributed by atoms with van der Waals surface area (Å²) in [7, 11) is 0. The Morgan fingerprint density at radius 3 is 2.58 bits per heavy atom. The van der Waals surface area contributed by atoms with Gasteiger partial charge in [0, 0.05) is 4.48 Å². The first kappa shape index (κ1) is 9.75. The largest absolute Gasteiger partial charge is 0.365 e. The molecule has 0 radical (unpaired) electrons. The second-order valence-electron chi connectivity index (χ2n) is 3.05. The number of hydrogen-bond donors (Lipinski definition) is 0. The highest BCUT2D eigenvalue weighted by Crippen LogP contribution is 2.34. The maximum absolute atomic E-state index is 5.24. The highest BCUT2D eigenvalue weighted by molar-refractivity contribution is 9.11. The highest BCUT2D eigenvalue weighted by Gasteiger charge is 2.40. The van der Waals surface area contributed by atoms with Gasteiger partial charge in [0.1, 0.15) is 5.60 Å². The summed E-state index contributed by atoms with van der Waals surface area (Å²) >= 11 is 3.38. The molecule has 1 nitrogen and oxygen atoms in total. The van der Waals surface area contributed by atoms with E-state index in [2.05, 4.69) is 22.5 Å². The number of rotatable bonds is 3. The molecule has 0 saturated carbocycles. The molecule has 0 spiro atoms. The van der Waals surface area contributed by atoms with Gasteiger partial charge in [0.25, 0.3) is 0 Å². The van der Waals surface area contributed by atoms with Gasteiger partial charge in [-0.05, 0) is 25.5 Å². The predicted octanol–water partition coefficient (Wildman–Crippen LogP) is 3.19. The minimum Gasteiger partial charge on any atom is -0.365 e. The molecular weight excluding hydrogens is 216 g/mol. The highest BCUT2D eigenvalue weighted by atomic mass is 79.9.